The fourth-order valence-corrected chi connectivity index (χ4v) is 1.81. The first kappa shape index (κ1) is 14.4. The molecule has 108 valence electrons. The molecule has 0 aliphatic carbocycles. The molecular formula is C14H13N3O4. The molecule has 0 saturated carbocycles. The van der Waals surface area contributed by atoms with Gasteiger partial charge in [-0.25, -0.2) is 9.78 Å². The number of esters is 1. The average molecular weight is 287 g/mol. The van der Waals surface area contributed by atoms with E-state index in [0.717, 1.165) is 0 Å². The number of nitrogens with one attached hydrogen (secondary N) is 1. The van der Waals surface area contributed by atoms with Crippen LogP contribution >= 0.6 is 0 Å². The normalized spacial score (nSPS) is 10.0. The lowest BCUT2D eigenvalue weighted by molar-refractivity contribution is -0.385. The van der Waals surface area contributed by atoms with E-state index in [1.54, 1.807) is 25.1 Å². The number of pyridine rings is 1. The van der Waals surface area contributed by atoms with Gasteiger partial charge in [0.15, 0.2) is 0 Å². The van der Waals surface area contributed by atoms with E-state index in [4.69, 9.17) is 4.74 Å². The number of nitrogens with zero attached hydrogens (tertiary/aromatic N) is 2. The molecule has 0 aliphatic heterocycles. The van der Waals surface area contributed by atoms with Gasteiger partial charge in [-0.3, -0.25) is 10.1 Å². The molecule has 0 atom stereocenters. The summed E-state index contributed by atoms with van der Waals surface area (Å²) in [5, 5.41) is 13.6. The lowest BCUT2D eigenvalue weighted by atomic mass is 10.1. The number of ether oxygens (including phenoxy) is 1. The molecule has 0 radical (unpaired) electrons. The molecule has 2 rings (SSSR count). The summed E-state index contributed by atoms with van der Waals surface area (Å²) in [6, 6.07) is 8.02. The Morgan fingerprint density at radius 2 is 2.10 bits per heavy atom. The van der Waals surface area contributed by atoms with Crippen LogP contribution in [0.15, 0.2) is 36.5 Å². The van der Waals surface area contributed by atoms with Gasteiger partial charge in [0, 0.05) is 11.8 Å². The molecular weight excluding hydrogens is 274 g/mol. The molecule has 0 saturated heterocycles. The molecule has 1 aromatic carbocycles. The topological polar surface area (TPSA) is 94.4 Å². The van der Waals surface area contributed by atoms with Crippen molar-refractivity contribution in [1.29, 1.82) is 0 Å². The van der Waals surface area contributed by atoms with E-state index in [1.807, 2.05) is 0 Å². The number of rotatable bonds is 4. The summed E-state index contributed by atoms with van der Waals surface area (Å²) in [5.74, 6) is 0.0264. The molecule has 0 spiro atoms. The van der Waals surface area contributed by atoms with Gasteiger partial charge in [0.25, 0.3) is 5.69 Å². The minimum Gasteiger partial charge on any atom is -0.465 e. The molecule has 7 nitrogen and oxygen atoms in total. The van der Waals surface area contributed by atoms with Crippen LogP contribution in [0.3, 0.4) is 0 Å². The monoisotopic (exact) mass is 287 g/mol. The van der Waals surface area contributed by atoms with E-state index < -0.39 is 10.9 Å². The number of aromatic nitrogens is 1. The Bertz CT molecular complexity index is 683. The highest BCUT2D eigenvalue weighted by atomic mass is 16.6. The Hall–Kier alpha value is -2.96. The average Bonchev–Trinajstić information content (AvgIpc) is 2.49. The summed E-state index contributed by atoms with van der Waals surface area (Å²) in [4.78, 5) is 25.6. The molecule has 1 heterocycles. The number of carbonyl (C=O) groups excluding carboxylic acids is 1. The van der Waals surface area contributed by atoms with Gasteiger partial charge in [-0.2, -0.15) is 0 Å². The summed E-state index contributed by atoms with van der Waals surface area (Å²) in [5.41, 5.74) is 1.76. The van der Waals surface area contributed by atoms with Crippen molar-refractivity contribution in [2.45, 2.75) is 6.92 Å². The van der Waals surface area contributed by atoms with Gasteiger partial charge in [0.1, 0.15) is 12.0 Å². The predicted molar refractivity (Wildman–Crippen MR) is 76.7 cm³/mol. The van der Waals surface area contributed by atoms with Crippen molar-refractivity contribution >= 4 is 23.2 Å². The first-order chi connectivity index (χ1) is 10.0. The summed E-state index contributed by atoms with van der Waals surface area (Å²) >= 11 is 0. The van der Waals surface area contributed by atoms with Crippen molar-refractivity contribution < 1.29 is 14.5 Å². The molecule has 0 bridgehead atoms. The maximum Gasteiger partial charge on any atom is 0.338 e. The second kappa shape index (κ2) is 6.00. The maximum atomic E-state index is 11.6. The SMILES string of the molecule is COC(=O)c1cccc(Nc2ccc([N+](=O)[O-])cn2)c1C. The van der Waals surface area contributed by atoms with Crippen LogP contribution in [-0.2, 0) is 4.74 Å². The van der Waals surface area contributed by atoms with Crippen molar-refractivity contribution in [3.05, 3.63) is 57.8 Å². The van der Waals surface area contributed by atoms with Gasteiger partial charge in [-0.15, -0.1) is 0 Å². The summed E-state index contributed by atoms with van der Waals surface area (Å²) < 4.78 is 4.71. The van der Waals surface area contributed by atoms with Crippen LogP contribution in [0.2, 0.25) is 0 Å². The highest BCUT2D eigenvalue weighted by molar-refractivity contribution is 5.93. The maximum absolute atomic E-state index is 11.6. The van der Waals surface area contributed by atoms with Crippen molar-refractivity contribution in [2.75, 3.05) is 12.4 Å². The number of nitro groups is 1. The first-order valence-electron chi connectivity index (χ1n) is 6.08. The second-order valence-electron chi connectivity index (χ2n) is 4.25. The molecule has 7 heteroatoms. The van der Waals surface area contributed by atoms with Gasteiger partial charge < -0.3 is 10.1 Å². The smallest absolute Gasteiger partial charge is 0.338 e. The molecule has 0 unspecified atom stereocenters. The van der Waals surface area contributed by atoms with E-state index in [0.29, 0.717) is 22.6 Å². The van der Waals surface area contributed by atoms with Gasteiger partial charge >= 0.3 is 5.97 Å². The number of hydrogen-bond acceptors (Lipinski definition) is 6. The zero-order chi connectivity index (χ0) is 15.4. The molecule has 0 fully saturated rings. The van der Waals surface area contributed by atoms with Crippen LogP contribution in [0.1, 0.15) is 15.9 Å². The van der Waals surface area contributed by atoms with Crippen molar-refractivity contribution in [2.24, 2.45) is 0 Å². The summed E-state index contributed by atoms with van der Waals surface area (Å²) in [7, 11) is 1.32. The van der Waals surface area contributed by atoms with Gasteiger partial charge in [0.05, 0.1) is 17.6 Å². The Kier molecular flexibility index (Phi) is 4.13. The van der Waals surface area contributed by atoms with Crippen LogP contribution in [-0.4, -0.2) is 23.0 Å². The van der Waals surface area contributed by atoms with Gasteiger partial charge in [0.2, 0.25) is 0 Å². The number of carbonyl (C=O) groups is 1. The Morgan fingerprint density at radius 1 is 1.33 bits per heavy atom. The van der Waals surface area contributed by atoms with Crippen LogP contribution in [0.4, 0.5) is 17.2 Å². The second-order valence-corrected chi connectivity index (χ2v) is 4.25. The summed E-state index contributed by atoms with van der Waals surface area (Å²) in [6.45, 7) is 1.78. The fourth-order valence-electron chi connectivity index (χ4n) is 1.81. The van der Waals surface area contributed by atoms with E-state index >= 15 is 0 Å². The highest BCUT2D eigenvalue weighted by Crippen LogP contribution is 2.23. The molecule has 0 aliphatic rings. The standard InChI is InChI=1S/C14H13N3O4/c1-9-11(14(18)21-2)4-3-5-12(9)16-13-7-6-10(8-15-13)17(19)20/h3-8H,1-2H3,(H,15,16). The molecule has 1 aromatic heterocycles. The third kappa shape index (κ3) is 3.14. The number of benzene rings is 1. The van der Waals surface area contributed by atoms with Crippen LogP contribution < -0.4 is 5.32 Å². The zero-order valence-electron chi connectivity index (χ0n) is 11.5. The first-order valence-corrected chi connectivity index (χ1v) is 6.08. The Balaban J connectivity index is 2.27. The number of anilines is 2. The van der Waals surface area contributed by atoms with E-state index in [1.165, 1.54) is 25.4 Å². The minimum absolute atomic E-state index is 0.0828. The molecule has 2 aromatic rings. The highest BCUT2D eigenvalue weighted by Gasteiger charge is 2.12. The van der Waals surface area contributed by atoms with Crippen molar-refractivity contribution in [3.63, 3.8) is 0 Å². The third-order valence-electron chi connectivity index (χ3n) is 2.96. The molecule has 21 heavy (non-hydrogen) atoms. The zero-order valence-corrected chi connectivity index (χ0v) is 11.5. The van der Waals surface area contributed by atoms with Gasteiger partial charge in [-0.1, -0.05) is 6.07 Å². The van der Waals surface area contributed by atoms with Crippen LogP contribution in [0, 0.1) is 17.0 Å². The largest absolute Gasteiger partial charge is 0.465 e. The lowest BCUT2D eigenvalue weighted by Gasteiger charge is -2.11. The third-order valence-corrected chi connectivity index (χ3v) is 2.96. The van der Waals surface area contributed by atoms with E-state index in [9.17, 15) is 14.9 Å². The summed E-state index contributed by atoms with van der Waals surface area (Å²) in [6.07, 6.45) is 1.17. The number of methoxy groups -OCH3 is 1. The van der Waals surface area contributed by atoms with Crippen molar-refractivity contribution in [1.82, 2.24) is 4.98 Å². The Labute approximate surface area is 120 Å². The van der Waals surface area contributed by atoms with Crippen molar-refractivity contribution in [3.8, 4) is 0 Å². The molecule has 0 amide bonds. The quantitative estimate of drug-likeness (QED) is 0.528. The fraction of sp³-hybridized carbons (Fsp3) is 0.143. The Morgan fingerprint density at radius 3 is 2.67 bits per heavy atom. The van der Waals surface area contributed by atoms with E-state index in [2.05, 4.69) is 10.3 Å². The van der Waals surface area contributed by atoms with Crippen LogP contribution in [0.5, 0.6) is 0 Å². The van der Waals surface area contributed by atoms with E-state index in [-0.39, 0.29) is 5.69 Å². The predicted octanol–water partition coefficient (Wildman–Crippen LogP) is 2.83. The number of hydrogen-bond donors (Lipinski definition) is 1. The molecule has 1 N–H and O–H groups in total. The van der Waals surface area contributed by atoms with Crippen LogP contribution in [0.25, 0.3) is 0 Å². The minimum atomic E-state index is -0.514. The van der Waals surface area contributed by atoms with Gasteiger partial charge in [-0.05, 0) is 30.7 Å². The lowest BCUT2D eigenvalue weighted by Crippen LogP contribution is -2.06.